The minimum atomic E-state index is -3.69. The lowest BCUT2D eigenvalue weighted by Crippen LogP contribution is -2.42. The molecule has 0 bridgehead atoms. The van der Waals surface area contributed by atoms with Crippen molar-refractivity contribution in [1.29, 1.82) is 0 Å². The van der Waals surface area contributed by atoms with Gasteiger partial charge in [-0.3, -0.25) is 4.79 Å². The predicted molar refractivity (Wildman–Crippen MR) is 141 cm³/mol. The van der Waals surface area contributed by atoms with Crippen LogP contribution in [0.25, 0.3) is 10.2 Å². The highest BCUT2D eigenvalue weighted by atomic mass is 35.5. The van der Waals surface area contributed by atoms with E-state index in [2.05, 4.69) is 41.8 Å². The Hall–Kier alpha value is -1.65. The van der Waals surface area contributed by atoms with Gasteiger partial charge in [0.2, 0.25) is 10.0 Å². The third kappa shape index (κ3) is 5.28. The maximum absolute atomic E-state index is 13.2. The molecule has 1 aliphatic heterocycles. The summed E-state index contributed by atoms with van der Waals surface area (Å²) in [5.74, 6) is 0.198. The van der Waals surface area contributed by atoms with E-state index in [4.69, 9.17) is 11.6 Å². The van der Waals surface area contributed by atoms with Crippen molar-refractivity contribution in [2.75, 3.05) is 25.1 Å². The van der Waals surface area contributed by atoms with Crippen LogP contribution in [0.1, 0.15) is 24.0 Å². The summed E-state index contributed by atoms with van der Waals surface area (Å²) in [6.07, 6.45) is 3.31. The normalized spacial score (nSPS) is 18.0. The molecule has 3 aromatic rings. The molecule has 0 radical (unpaired) electrons. The van der Waals surface area contributed by atoms with Crippen LogP contribution in [0.2, 0.25) is 5.02 Å². The van der Waals surface area contributed by atoms with Crippen molar-refractivity contribution in [3.63, 3.8) is 0 Å². The summed E-state index contributed by atoms with van der Waals surface area (Å²) in [5, 5.41) is 0.480. The molecule has 0 spiro atoms. The summed E-state index contributed by atoms with van der Waals surface area (Å²) in [6, 6.07) is 10.4. The average Bonchev–Trinajstić information content (AvgIpc) is 3.13. The van der Waals surface area contributed by atoms with Crippen molar-refractivity contribution in [2.45, 2.75) is 38.1 Å². The Bertz CT molecular complexity index is 1380. The van der Waals surface area contributed by atoms with E-state index in [1.165, 1.54) is 38.9 Å². The Morgan fingerprint density at radius 3 is 2.62 bits per heavy atom. The van der Waals surface area contributed by atoms with E-state index in [0.717, 1.165) is 22.5 Å². The number of thioether (sulfide) groups is 1. The number of aromatic nitrogens is 1. The highest BCUT2D eigenvalue weighted by molar-refractivity contribution is 7.98. The van der Waals surface area contributed by atoms with Gasteiger partial charge >= 0.3 is 0 Å². The number of aryl methyl sites for hydroxylation is 3. The number of sulfonamides is 1. The number of benzene rings is 2. The number of carbonyl (C=O) groups excluding carboxylic acids is 1. The molecule has 6 nitrogen and oxygen atoms in total. The number of carbonyl (C=O) groups is 1. The molecule has 0 aliphatic carbocycles. The number of piperidine rings is 1. The molecule has 2 heterocycles. The van der Waals surface area contributed by atoms with E-state index in [0.29, 0.717) is 29.2 Å². The molecule has 0 N–H and O–H groups in total. The number of fused-ring (bicyclic) bond motifs is 1. The molecule has 1 fully saturated rings. The molecular formula is C24H28ClN3O3S3. The predicted octanol–water partition coefficient (Wildman–Crippen LogP) is 4.86. The molecule has 0 saturated carbocycles. The van der Waals surface area contributed by atoms with E-state index in [-0.39, 0.29) is 17.3 Å². The summed E-state index contributed by atoms with van der Waals surface area (Å²) in [7, 11) is -3.69. The first-order valence-electron chi connectivity index (χ1n) is 11.1. The van der Waals surface area contributed by atoms with Crippen molar-refractivity contribution in [3.05, 3.63) is 57.3 Å². The molecule has 1 amide bonds. The van der Waals surface area contributed by atoms with Crippen molar-refractivity contribution in [2.24, 2.45) is 10.9 Å². The van der Waals surface area contributed by atoms with Crippen LogP contribution in [0.5, 0.6) is 0 Å². The zero-order valence-corrected chi connectivity index (χ0v) is 22.7. The van der Waals surface area contributed by atoms with Crippen LogP contribution in [0, 0.1) is 19.8 Å². The number of hydrogen-bond donors (Lipinski definition) is 0. The number of thiazole rings is 1. The molecule has 1 atom stereocenters. The zero-order chi connectivity index (χ0) is 24.5. The fourth-order valence-corrected chi connectivity index (χ4v) is 7.27. The van der Waals surface area contributed by atoms with Crippen molar-refractivity contribution < 1.29 is 13.2 Å². The van der Waals surface area contributed by atoms with Crippen LogP contribution in [0.3, 0.4) is 0 Å². The summed E-state index contributed by atoms with van der Waals surface area (Å²) < 4.78 is 30.9. The average molecular weight is 538 g/mol. The van der Waals surface area contributed by atoms with Crippen LogP contribution in [0.15, 0.2) is 46.3 Å². The molecule has 182 valence electrons. The van der Waals surface area contributed by atoms with Crippen molar-refractivity contribution in [1.82, 2.24) is 8.87 Å². The Labute approximate surface area is 213 Å². The molecule has 34 heavy (non-hydrogen) atoms. The summed E-state index contributed by atoms with van der Waals surface area (Å²) in [6.45, 7) is 5.47. The van der Waals surface area contributed by atoms with Crippen LogP contribution < -0.4 is 4.80 Å². The van der Waals surface area contributed by atoms with Gasteiger partial charge in [-0.15, -0.1) is 0 Å². The van der Waals surface area contributed by atoms with Gasteiger partial charge in [-0.25, -0.2) is 8.42 Å². The molecule has 1 aliphatic rings. The Balaban J connectivity index is 1.64. The second-order valence-corrected chi connectivity index (χ2v) is 12.9. The highest BCUT2D eigenvalue weighted by Crippen LogP contribution is 2.26. The van der Waals surface area contributed by atoms with Crippen molar-refractivity contribution in [3.8, 4) is 0 Å². The second kappa shape index (κ2) is 10.5. The van der Waals surface area contributed by atoms with Gasteiger partial charge in [-0.2, -0.15) is 21.1 Å². The SMILES string of the molecule is CSCCn1c(=NC(=O)C2CCCN(S(=O)(=O)c3ccc(Cl)cc3)C2)sc2cc(C)c(C)cc21. The highest BCUT2D eigenvalue weighted by Gasteiger charge is 2.33. The quantitative estimate of drug-likeness (QED) is 0.450. The topological polar surface area (TPSA) is 71.7 Å². The van der Waals surface area contributed by atoms with Gasteiger partial charge in [0.1, 0.15) is 0 Å². The standard InChI is InChI=1S/C24H28ClN3O3S3/c1-16-13-21-22(14-17(16)2)33-24(28(21)11-12-32-3)26-23(29)18-5-4-10-27(15-18)34(30,31)20-8-6-19(25)7-9-20/h6-9,13-14,18H,4-5,10-12,15H2,1-3H3. The van der Waals surface area contributed by atoms with E-state index in [1.807, 2.05) is 0 Å². The van der Waals surface area contributed by atoms with Crippen LogP contribution in [-0.4, -0.2) is 48.3 Å². The lowest BCUT2D eigenvalue weighted by Gasteiger charge is -2.30. The Kier molecular flexibility index (Phi) is 7.89. The Morgan fingerprint density at radius 1 is 1.21 bits per heavy atom. The minimum Gasteiger partial charge on any atom is -0.316 e. The maximum atomic E-state index is 13.2. The molecule has 10 heteroatoms. The summed E-state index contributed by atoms with van der Waals surface area (Å²) in [5.41, 5.74) is 3.50. The lowest BCUT2D eigenvalue weighted by molar-refractivity contribution is -0.122. The fourth-order valence-electron chi connectivity index (χ4n) is 4.11. The fraction of sp³-hybridized carbons (Fsp3) is 0.417. The van der Waals surface area contributed by atoms with E-state index in [9.17, 15) is 13.2 Å². The number of amides is 1. The number of nitrogens with zero attached hydrogens (tertiary/aromatic N) is 3. The van der Waals surface area contributed by atoms with E-state index in [1.54, 1.807) is 23.9 Å². The molecule has 1 unspecified atom stereocenters. The molecule has 1 aromatic heterocycles. The molecule has 4 rings (SSSR count). The van der Waals surface area contributed by atoms with Crippen molar-refractivity contribution >= 4 is 60.8 Å². The van der Waals surface area contributed by atoms with Gasteiger partial charge in [0, 0.05) is 30.4 Å². The van der Waals surface area contributed by atoms with Crippen LogP contribution >= 0.6 is 34.7 Å². The first-order chi connectivity index (χ1) is 16.2. The summed E-state index contributed by atoms with van der Waals surface area (Å²) in [4.78, 5) is 18.6. The van der Waals surface area contributed by atoms with Gasteiger partial charge < -0.3 is 4.57 Å². The molecule has 2 aromatic carbocycles. The monoisotopic (exact) mass is 537 g/mol. The van der Waals surface area contributed by atoms with E-state index >= 15 is 0 Å². The first kappa shape index (κ1) is 25.4. The van der Waals surface area contributed by atoms with Gasteiger partial charge in [0.15, 0.2) is 4.80 Å². The number of halogens is 1. The molecular weight excluding hydrogens is 510 g/mol. The summed E-state index contributed by atoms with van der Waals surface area (Å²) >= 11 is 9.18. The number of hydrogen-bond acceptors (Lipinski definition) is 5. The molecule has 1 saturated heterocycles. The van der Waals surface area contributed by atoms with E-state index < -0.39 is 15.9 Å². The smallest absolute Gasteiger partial charge is 0.252 e. The van der Waals surface area contributed by atoms with Gasteiger partial charge in [0.25, 0.3) is 5.91 Å². The van der Waals surface area contributed by atoms with Crippen LogP contribution in [0.4, 0.5) is 0 Å². The third-order valence-corrected chi connectivity index (χ3v) is 9.97. The van der Waals surface area contributed by atoms with Gasteiger partial charge in [-0.05, 0) is 80.5 Å². The van der Waals surface area contributed by atoms with Crippen LogP contribution in [-0.2, 0) is 21.4 Å². The minimum absolute atomic E-state index is 0.140. The Morgan fingerprint density at radius 2 is 1.91 bits per heavy atom. The maximum Gasteiger partial charge on any atom is 0.252 e. The largest absolute Gasteiger partial charge is 0.316 e. The van der Waals surface area contributed by atoms with Gasteiger partial charge in [-0.1, -0.05) is 22.9 Å². The number of rotatable bonds is 6. The third-order valence-electron chi connectivity index (χ3n) is 6.21. The second-order valence-electron chi connectivity index (χ2n) is 8.54. The zero-order valence-electron chi connectivity index (χ0n) is 19.5. The first-order valence-corrected chi connectivity index (χ1v) is 15.2. The van der Waals surface area contributed by atoms with Gasteiger partial charge in [0.05, 0.1) is 21.0 Å². The lowest BCUT2D eigenvalue weighted by atomic mass is 9.99.